The number of nitrogens with zero attached hydrogens (tertiary/aromatic N) is 4. The molecular formula is C31H23F3N4O4. The Kier molecular flexibility index (Phi) is 8.17. The van der Waals surface area contributed by atoms with Crippen molar-refractivity contribution in [2.24, 2.45) is 0 Å². The molecule has 5 rings (SSSR count). The lowest BCUT2D eigenvalue weighted by atomic mass is 10.1. The molecule has 0 aliphatic rings. The number of nitriles is 1. The fourth-order valence-corrected chi connectivity index (χ4v) is 4.52. The van der Waals surface area contributed by atoms with Crippen LogP contribution in [0.15, 0.2) is 66.7 Å². The first-order valence-electron chi connectivity index (χ1n) is 12.8. The van der Waals surface area contributed by atoms with E-state index in [2.05, 4.69) is 9.97 Å². The van der Waals surface area contributed by atoms with E-state index in [0.717, 1.165) is 12.1 Å². The highest BCUT2D eigenvalue weighted by molar-refractivity contribution is 5.93. The van der Waals surface area contributed by atoms with Crippen molar-refractivity contribution < 1.29 is 32.5 Å². The van der Waals surface area contributed by atoms with Crippen LogP contribution in [-0.4, -0.2) is 39.3 Å². The molecule has 0 aliphatic carbocycles. The molecule has 212 valence electrons. The van der Waals surface area contributed by atoms with Crippen LogP contribution in [0.25, 0.3) is 22.3 Å². The summed E-state index contributed by atoms with van der Waals surface area (Å²) in [7, 11) is 1.48. The van der Waals surface area contributed by atoms with Crippen molar-refractivity contribution in [3.63, 3.8) is 0 Å². The molecule has 8 nitrogen and oxygen atoms in total. The Labute approximate surface area is 238 Å². The van der Waals surface area contributed by atoms with Crippen LogP contribution in [0.2, 0.25) is 0 Å². The van der Waals surface area contributed by atoms with Crippen LogP contribution < -0.4 is 4.74 Å². The summed E-state index contributed by atoms with van der Waals surface area (Å²) in [5.41, 5.74) is 1.42. The van der Waals surface area contributed by atoms with Gasteiger partial charge in [-0.15, -0.1) is 0 Å². The predicted octanol–water partition coefficient (Wildman–Crippen LogP) is 5.90. The maximum Gasteiger partial charge on any atom is 0.338 e. The minimum absolute atomic E-state index is 0.0130. The summed E-state index contributed by atoms with van der Waals surface area (Å²) in [4.78, 5) is 20.3. The average Bonchev–Trinajstić information content (AvgIpc) is 3.34. The zero-order valence-corrected chi connectivity index (χ0v) is 22.3. The number of imidazole rings is 1. The number of pyridine rings is 1. The van der Waals surface area contributed by atoms with Gasteiger partial charge in [0, 0.05) is 37.3 Å². The summed E-state index contributed by atoms with van der Waals surface area (Å²) in [6.07, 6.45) is 0.0130. The van der Waals surface area contributed by atoms with Crippen LogP contribution in [0, 0.1) is 28.8 Å². The normalized spacial score (nSPS) is 11.0. The van der Waals surface area contributed by atoms with Gasteiger partial charge in [0.05, 0.1) is 35.0 Å². The number of methoxy groups -OCH3 is 1. The molecule has 2 aromatic heterocycles. The summed E-state index contributed by atoms with van der Waals surface area (Å²) < 4.78 is 56.9. The third kappa shape index (κ3) is 5.80. The Balaban J connectivity index is 1.39. The number of carbonyl (C=O) groups is 1. The second-order valence-electron chi connectivity index (χ2n) is 9.32. The zero-order valence-electron chi connectivity index (χ0n) is 22.3. The highest BCUT2D eigenvalue weighted by Crippen LogP contribution is 2.27. The van der Waals surface area contributed by atoms with Crippen molar-refractivity contribution in [1.29, 1.82) is 5.26 Å². The third-order valence-electron chi connectivity index (χ3n) is 6.65. The Morgan fingerprint density at radius 1 is 1.00 bits per heavy atom. The molecule has 0 saturated heterocycles. The smallest absolute Gasteiger partial charge is 0.338 e. The quantitative estimate of drug-likeness (QED) is 0.222. The van der Waals surface area contributed by atoms with Gasteiger partial charge in [-0.3, -0.25) is 0 Å². The molecule has 2 heterocycles. The van der Waals surface area contributed by atoms with Crippen molar-refractivity contribution in [3.05, 3.63) is 112 Å². The molecule has 11 heteroatoms. The van der Waals surface area contributed by atoms with Crippen molar-refractivity contribution in [2.75, 3.05) is 13.7 Å². The number of rotatable bonds is 10. The number of carboxylic acids is 1. The Bertz CT molecular complexity index is 1850. The van der Waals surface area contributed by atoms with Crippen LogP contribution in [-0.2, 0) is 24.3 Å². The monoisotopic (exact) mass is 572 g/mol. The van der Waals surface area contributed by atoms with Crippen LogP contribution in [0.5, 0.6) is 5.88 Å². The molecule has 42 heavy (non-hydrogen) atoms. The number of halogens is 3. The standard InChI is InChI=1S/C31H23F3N4O4/c1-41-12-11-38-27(36-26-10-9-22(31(39)40)29(34)30(26)38)15-19-7-8-20(14-24(19)33)25-3-2-4-28(37-25)42-17-21-6-5-18(16-35)13-23(21)32/h2-10,13-14H,11-12,15,17H2,1H3,(H,39,40). The minimum Gasteiger partial charge on any atom is -0.478 e. The molecule has 0 spiro atoms. The Morgan fingerprint density at radius 2 is 1.79 bits per heavy atom. The molecule has 0 aliphatic heterocycles. The lowest BCUT2D eigenvalue weighted by Gasteiger charge is -2.11. The van der Waals surface area contributed by atoms with E-state index in [1.165, 1.54) is 35.9 Å². The molecule has 0 atom stereocenters. The summed E-state index contributed by atoms with van der Waals surface area (Å²) in [5, 5.41) is 18.2. The van der Waals surface area contributed by atoms with Gasteiger partial charge in [0.25, 0.3) is 0 Å². The molecule has 0 unspecified atom stereocenters. The summed E-state index contributed by atoms with van der Waals surface area (Å²) in [6, 6.07) is 18.0. The summed E-state index contributed by atoms with van der Waals surface area (Å²) in [5.74, 6) is -2.88. The van der Waals surface area contributed by atoms with E-state index in [0.29, 0.717) is 17.1 Å². The third-order valence-corrected chi connectivity index (χ3v) is 6.65. The van der Waals surface area contributed by atoms with E-state index < -0.39 is 29.0 Å². The topological polar surface area (TPSA) is 110 Å². The number of benzene rings is 3. The van der Waals surface area contributed by atoms with Gasteiger partial charge in [0.1, 0.15) is 29.6 Å². The number of fused-ring (bicyclic) bond motifs is 1. The maximum absolute atomic E-state index is 15.3. The number of aromatic nitrogens is 3. The van der Waals surface area contributed by atoms with Gasteiger partial charge in [-0.25, -0.2) is 27.9 Å². The first-order chi connectivity index (χ1) is 20.3. The van der Waals surface area contributed by atoms with Gasteiger partial charge in [-0.1, -0.05) is 24.3 Å². The zero-order chi connectivity index (χ0) is 29.8. The molecule has 0 saturated carbocycles. The SMILES string of the molecule is COCCn1c(Cc2ccc(-c3cccc(OCc4ccc(C#N)cc4F)n3)cc2F)nc2ccc(C(=O)O)c(F)c21. The molecule has 0 amide bonds. The summed E-state index contributed by atoms with van der Waals surface area (Å²) in [6.45, 7) is 0.281. The predicted molar refractivity (Wildman–Crippen MR) is 146 cm³/mol. The lowest BCUT2D eigenvalue weighted by molar-refractivity contribution is 0.0692. The van der Waals surface area contributed by atoms with Gasteiger partial charge in [-0.05, 0) is 42.0 Å². The maximum atomic E-state index is 15.3. The number of hydrogen-bond donors (Lipinski definition) is 1. The molecular weight excluding hydrogens is 549 g/mol. The molecule has 0 bridgehead atoms. The van der Waals surface area contributed by atoms with Crippen LogP contribution >= 0.6 is 0 Å². The van der Waals surface area contributed by atoms with E-state index >= 15 is 8.78 Å². The second-order valence-corrected chi connectivity index (χ2v) is 9.32. The van der Waals surface area contributed by atoms with Crippen molar-refractivity contribution in [1.82, 2.24) is 14.5 Å². The Morgan fingerprint density at radius 3 is 2.50 bits per heavy atom. The van der Waals surface area contributed by atoms with Gasteiger partial charge >= 0.3 is 5.97 Å². The van der Waals surface area contributed by atoms with Crippen LogP contribution in [0.3, 0.4) is 0 Å². The van der Waals surface area contributed by atoms with Gasteiger partial charge < -0.3 is 19.1 Å². The van der Waals surface area contributed by atoms with E-state index in [4.69, 9.17) is 14.7 Å². The molecule has 1 N–H and O–H groups in total. The van der Waals surface area contributed by atoms with Crippen molar-refractivity contribution in [3.8, 4) is 23.2 Å². The van der Waals surface area contributed by atoms with E-state index in [1.54, 1.807) is 30.3 Å². The fraction of sp³-hybridized carbons (Fsp3) is 0.161. The van der Waals surface area contributed by atoms with Crippen LogP contribution in [0.1, 0.15) is 32.9 Å². The highest BCUT2D eigenvalue weighted by atomic mass is 19.1. The first kappa shape index (κ1) is 28.3. The average molecular weight is 573 g/mol. The number of carboxylic acid groups (broad SMARTS) is 1. The van der Waals surface area contributed by atoms with E-state index in [9.17, 15) is 14.3 Å². The van der Waals surface area contributed by atoms with Crippen LogP contribution in [0.4, 0.5) is 13.2 Å². The first-order valence-corrected chi connectivity index (χ1v) is 12.8. The van der Waals surface area contributed by atoms with Gasteiger partial charge in [0.15, 0.2) is 5.82 Å². The number of aromatic carboxylic acids is 1. The summed E-state index contributed by atoms with van der Waals surface area (Å²) >= 11 is 0. The van der Waals surface area contributed by atoms with Crippen molar-refractivity contribution >= 4 is 17.0 Å². The Hall–Kier alpha value is -5.21. The van der Waals surface area contributed by atoms with Crippen molar-refractivity contribution in [2.45, 2.75) is 19.6 Å². The number of hydrogen-bond acceptors (Lipinski definition) is 6. The molecule has 0 radical (unpaired) electrons. The van der Waals surface area contributed by atoms with Gasteiger partial charge in [-0.2, -0.15) is 5.26 Å². The second kappa shape index (κ2) is 12.1. The molecule has 0 fully saturated rings. The highest BCUT2D eigenvalue weighted by Gasteiger charge is 2.21. The van der Waals surface area contributed by atoms with Gasteiger partial charge in [0.2, 0.25) is 5.88 Å². The lowest BCUT2D eigenvalue weighted by Crippen LogP contribution is -2.11. The largest absolute Gasteiger partial charge is 0.478 e. The van der Waals surface area contributed by atoms with E-state index in [1.807, 2.05) is 6.07 Å². The number of ether oxygens (including phenoxy) is 2. The molecule has 3 aromatic carbocycles. The van der Waals surface area contributed by atoms with E-state index in [-0.39, 0.29) is 59.8 Å². The fourth-order valence-electron chi connectivity index (χ4n) is 4.52. The minimum atomic E-state index is -1.40. The molecule has 5 aromatic rings.